The Kier molecular flexibility index (Phi) is 5.73. The topological polar surface area (TPSA) is 37.3 Å². The highest BCUT2D eigenvalue weighted by atomic mass is 19.2. The van der Waals surface area contributed by atoms with E-state index in [4.69, 9.17) is 5.11 Å². The molecule has 5 heteroatoms. The first-order chi connectivity index (χ1) is 12.4. The van der Waals surface area contributed by atoms with Gasteiger partial charge in [-0.05, 0) is 92.7 Å². The van der Waals surface area contributed by atoms with Crippen LogP contribution < -0.4 is 0 Å². The lowest BCUT2D eigenvalue weighted by atomic mass is 9.67. The minimum absolute atomic E-state index is 0.0824. The van der Waals surface area contributed by atoms with Gasteiger partial charge >= 0.3 is 5.97 Å². The van der Waals surface area contributed by atoms with Gasteiger partial charge < -0.3 is 5.11 Å². The van der Waals surface area contributed by atoms with Crippen molar-refractivity contribution in [3.8, 4) is 0 Å². The Morgan fingerprint density at radius 3 is 1.81 bits per heavy atom. The number of aliphatic carboxylic acids is 1. The molecule has 0 amide bonds. The fraction of sp³-hybridized carbons (Fsp3) is 0.571. The van der Waals surface area contributed by atoms with E-state index in [1.807, 2.05) is 0 Å². The van der Waals surface area contributed by atoms with Crippen LogP contribution in [0, 0.1) is 35.2 Å². The van der Waals surface area contributed by atoms with Crippen LogP contribution in [-0.4, -0.2) is 11.1 Å². The van der Waals surface area contributed by atoms with Gasteiger partial charge in [-0.25, -0.2) is 18.0 Å². The van der Waals surface area contributed by atoms with Crippen LogP contribution in [0.4, 0.5) is 13.2 Å². The Balaban J connectivity index is 1.53. The SMILES string of the molecule is C=C(C(=O)O)C1CCC(C2CCC(c3cc(F)c(F)c(F)c3)CC2)CC1. The maximum Gasteiger partial charge on any atom is 0.331 e. The van der Waals surface area contributed by atoms with E-state index in [2.05, 4.69) is 6.58 Å². The van der Waals surface area contributed by atoms with Crippen molar-refractivity contribution in [1.82, 2.24) is 0 Å². The van der Waals surface area contributed by atoms with Crippen LogP contribution in [0.1, 0.15) is 62.8 Å². The number of rotatable bonds is 4. The number of hydrogen-bond acceptors (Lipinski definition) is 1. The molecule has 2 aliphatic carbocycles. The Labute approximate surface area is 152 Å². The summed E-state index contributed by atoms with van der Waals surface area (Å²) in [6.07, 6.45) is 7.52. The summed E-state index contributed by atoms with van der Waals surface area (Å²) < 4.78 is 40.0. The Bertz CT molecular complexity index is 661. The lowest BCUT2D eigenvalue weighted by Crippen LogP contribution is -2.27. The maximum atomic E-state index is 13.5. The number of carboxylic acids is 1. The highest BCUT2D eigenvalue weighted by Gasteiger charge is 2.33. The van der Waals surface area contributed by atoms with Crippen molar-refractivity contribution in [2.45, 2.75) is 57.3 Å². The standard InChI is InChI=1S/C21H25F3O2/c1-12(21(25)26)13-2-4-14(5-3-13)15-6-8-16(9-7-15)17-10-18(22)20(24)19(23)11-17/h10-11,13-16H,1-9H2,(H,25,26). The molecule has 1 N–H and O–H groups in total. The van der Waals surface area contributed by atoms with E-state index in [-0.39, 0.29) is 11.8 Å². The molecule has 142 valence electrons. The van der Waals surface area contributed by atoms with E-state index in [0.717, 1.165) is 63.5 Å². The zero-order valence-corrected chi connectivity index (χ0v) is 14.8. The first-order valence-electron chi connectivity index (χ1n) is 9.43. The molecule has 1 aromatic carbocycles. The molecule has 0 aromatic heterocycles. The van der Waals surface area contributed by atoms with Crippen molar-refractivity contribution >= 4 is 5.97 Å². The smallest absolute Gasteiger partial charge is 0.331 e. The second-order valence-electron chi connectivity index (χ2n) is 7.85. The molecule has 0 unspecified atom stereocenters. The van der Waals surface area contributed by atoms with Gasteiger partial charge in [0.2, 0.25) is 0 Å². The summed E-state index contributed by atoms with van der Waals surface area (Å²) in [7, 11) is 0. The monoisotopic (exact) mass is 366 g/mol. The van der Waals surface area contributed by atoms with E-state index in [9.17, 15) is 18.0 Å². The molecule has 0 bridgehead atoms. The van der Waals surface area contributed by atoms with Gasteiger partial charge in [-0.2, -0.15) is 0 Å². The summed E-state index contributed by atoms with van der Waals surface area (Å²) in [6, 6.07) is 2.26. The van der Waals surface area contributed by atoms with Crippen LogP contribution in [0.5, 0.6) is 0 Å². The van der Waals surface area contributed by atoms with Gasteiger partial charge in [0.15, 0.2) is 17.5 Å². The molecule has 2 fully saturated rings. The average molecular weight is 366 g/mol. The van der Waals surface area contributed by atoms with Crippen molar-refractivity contribution in [2.75, 3.05) is 0 Å². The third kappa shape index (κ3) is 3.97. The van der Waals surface area contributed by atoms with Crippen LogP contribution in [-0.2, 0) is 4.79 Å². The lowest BCUT2D eigenvalue weighted by Gasteiger charge is -2.38. The third-order valence-electron chi connectivity index (χ3n) is 6.46. The lowest BCUT2D eigenvalue weighted by molar-refractivity contribution is -0.133. The summed E-state index contributed by atoms with van der Waals surface area (Å²) in [6.45, 7) is 3.69. The normalized spacial score (nSPS) is 29.3. The van der Waals surface area contributed by atoms with Crippen LogP contribution in [0.15, 0.2) is 24.3 Å². The second kappa shape index (κ2) is 7.85. The van der Waals surface area contributed by atoms with Crippen LogP contribution in [0.2, 0.25) is 0 Å². The largest absolute Gasteiger partial charge is 0.478 e. The van der Waals surface area contributed by atoms with E-state index >= 15 is 0 Å². The van der Waals surface area contributed by atoms with Crippen LogP contribution in [0.25, 0.3) is 0 Å². The number of benzene rings is 1. The van der Waals surface area contributed by atoms with Crippen molar-refractivity contribution in [3.63, 3.8) is 0 Å². The molecule has 2 saturated carbocycles. The maximum absolute atomic E-state index is 13.5. The summed E-state index contributed by atoms with van der Waals surface area (Å²) >= 11 is 0. The highest BCUT2D eigenvalue weighted by molar-refractivity contribution is 5.86. The molecular formula is C21H25F3O2. The zero-order chi connectivity index (χ0) is 18.8. The summed E-state index contributed by atoms with van der Waals surface area (Å²) in [4.78, 5) is 11.0. The summed E-state index contributed by atoms with van der Waals surface area (Å²) in [5.41, 5.74) is 0.883. The van der Waals surface area contributed by atoms with Crippen molar-refractivity contribution in [1.29, 1.82) is 0 Å². The van der Waals surface area contributed by atoms with Crippen LogP contribution in [0.3, 0.4) is 0 Å². The van der Waals surface area contributed by atoms with Gasteiger partial charge in [-0.3, -0.25) is 0 Å². The fourth-order valence-corrected chi connectivity index (χ4v) is 4.85. The second-order valence-corrected chi connectivity index (χ2v) is 7.85. The first-order valence-corrected chi connectivity index (χ1v) is 9.43. The van der Waals surface area contributed by atoms with Gasteiger partial charge in [0.05, 0.1) is 0 Å². The molecule has 0 radical (unpaired) electrons. The minimum Gasteiger partial charge on any atom is -0.478 e. The molecule has 0 heterocycles. The molecule has 0 spiro atoms. The van der Waals surface area contributed by atoms with Crippen molar-refractivity contribution in [3.05, 3.63) is 47.3 Å². The molecular weight excluding hydrogens is 341 g/mol. The Morgan fingerprint density at radius 2 is 1.35 bits per heavy atom. The Hall–Kier alpha value is -1.78. The Morgan fingerprint density at radius 1 is 0.885 bits per heavy atom. The molecule has 0 saturated heterocycles. The molecule has 26 heavy (non-hydrogen) atoms. The van der Waals surface area contributed by atoms with Gasteiger partial charge in [-0.15, -0.1) is 0 Å². The van der Waals surface area contributed by atoms with E-state index in [1.54, 1.807) is 0 Å². The molecule has 1 aromatic rings. The molecule has 2 nitrogen and oxygen atoms in total. The summed E-state index contributed by atoms with van der Waals surface area (Å²) in [5, 5.41) is 9.07. The predicted octanol–water partition coefficient (Wildman–Crippen LogP) is 5.82. The summed E-state index contributed by atoms with van der Waals surface area (Å²) in [5.74, 6) is -3.17. The number of carboxylic acid groups (broad SMARTS) is 1. The van der Waals surface area contributed by atoms with E-state index < -0.39 is 23.4 Å². The highest BCUT2D eigenvalue weighted by Crippen LogP contribution is 2.45. The fourth-order valence-electron chi connectivity index (χ4n) is 4.85. The number of hydrogen-bond donors (Lipinski definition) is 1. The van der Waals surface area contributed by atoms with Crippen LogP contribution >= 0.6 is 0 Å². The zero-order valence-electron chi connectivity index (χ0n) is 14.8. The van der Waals surface area contributed by atoms with Gasteiger partial charge in [0.1, 0.15) is 0 Å². The average Bonchev–Trinajstić information content (AvgIpc) is 2.65. The molecule has 0 aliphatic heterocycles. The molecule has 3 rings (SSSR count). The quantitative estimate of drug-likeness (QED) is 0.538. The molecule has 2 aliphatic rings. The first kappa shape index (κ1) is 19.0. The van der Waals surface area contributed by atoms with Crippen molar-refractivity contribution < 1.29 is 23.1 Å². The van der Waals surface area contributed by atoms with E-state index in [0.29, 0.717) is 23.0 Å². The van der Waals surface area contributed by atoms with Crippen molar-refractivity contribution in [2.24, 2.45) is 17.8 Å². The molecule has 0 atom stereocenters. The van der Waals surface area contributed by atoms with E-state index in [1.165, 1.54) is 0 Å². The van der Waals surface area contributed by atoms with Gasteiger partial charge in [0.25, 0.3) is 0 Å². The van der Waals surface area contributed by atoms with Gasteiger partial charge in [-0.1, -0.05) is 6.58 Å². The number of carbonyl (C=O) groups is 1. The number of halogens is 3. The van der Waals surface area contributed by atoms with Gasteiger partial charge in [0, 0.05) is 5.57 Å². The third-order valence-corrected chi connectivity index (χ3v) is 6.46. The minimum atomic E-state index is -1.40. The predicted molar refractivity (Wildman–Crippen MR) is 93.2 cm³/mol.